The summed E-state index contributed by atoms with van der Waals surface area (Å²) in [4.78, 5) is 15.6. The molecule has 2 nitrogen and oxygen atoms in total. The van der Waals surface area contributed by atoms with Gasteiger partial charge in [0, 0.05) is 16.0 Å². The molecule has 1 N–H and O–H groups in total. The first-order valence-corrected chi connectivity index (χ1v) is 8.08. The summed E-state index contributed by atoms with van der Waals surface area (Å²) in [6.07, 6.45) is 0. The van der Waals surface area contributed by atoms with Crippen LogP contribution in [0.25, 0.3) is 33.2 Å². The Balaban J connectivity index is 2.16. The molecule has 0 bridgehead atoms. The van der Waals surface area contributed by atoms with Gasteiger partial charge in [0.1, 0.15) is 0 Å². The number of aromatic amines is 1. The van der Waals surface area contributed by atoms with E-state index in [1.165, 1.54) is 0 Å². The van der Waals surface area contributed by atoms with Crippen molar-refractivity contribution in [3.63, 3.8) is 0 Å². The number of benzene rings is 3. The lowest BCUT2D eigenvalue weighted by Crippen LogP contribution is -2.09. The smallest absolute Gasteiger partial charge is 0.256 e. The van der Waals surface area contributed by atoms with Crippen LogP contribution in [0, 0.1) is 0 Å². The Labute approximate surface area is 144 Å². The van der Waals surface area contributed by atoms with E-state index in [1.54, 1.807) is 6.07 Å². The summed E-state index contributed by atoms with van der Waals surface area (Å²) in [5, 5.41) is 2.05. The van der Waals surface area contributed by atoms with E-state index in [4.69, 9.17) is 11.6 Å². The summed E-state index contributed by atoms with van der Waals surface area (Å²) in [5.74, 6) is 0. The van der Waals surface area contributed by atoms with Crippen LogP contribution in [-0.2, 0) is 0 Å². The molecule has 0 saturated heterocycles. The van der Waals surface area contributed by atoms with E-state index in [0.29, 0.717) is 10.4 Å². The van der Waals surface area contributed by atoms with Crippen molar-refractivity contribution in [2.24, 2.45) is 0 Å². The first-order valence-electron chi connectivity index (χ1n) is 7.70. The third kappa shape index (κ3) is 2.51. The van der Waals surface area contributed by atoms with Gasteiger partial charge in [0.15, 0.2) is 0 Å². The predicted molar refractivity (Wildman–Crippen MR) is 100 cm³/mol. The number of fused-ring (bicyclic) bond motifs is 1. The Morgan fingerprint density at radius 3 is 2.00 bits per heavy atom. The van der Waals surface area contributed by atoms with Crippen LogP contribution in [0.1, 0.15) is 0 Å². The highest BCUT2D eigenvalue weighted by Crippen LogP contribution is 2.35. The fraction of sp³-hybridized carbons (Fsp3) is 0. The van der Waals surface area contributed by atoms with Crippen molar-refractivity contribution in [3.05, 3.63) is 94.2 Å². The summed E-state index contributed by atoms with van der Waals surface area (Å²) in [7, 11) is 0. The maximum absolute atomic E-state index is 12.6. The van der Waals surface area contributed by atoms with Crippen molar-refractivity contribution in [1.82, 2.24) is 4.98 Å². The Kier molecular flexibility index (Phi) is 3.68. The Hall–Kier alpha value is -2.84. The molecular weight excluding hydrogens is 318 g/mol. The molecule has 0 fully saturated rings. The molecule has 0 saturated carbocycles. The van der Waals surface area contributed by atoms with Gasteiger partial charge in [0.05, 0.1) is 5.69 Å². The minimum Gasteiger partial charge on any atom is -0.321 e. The van der Waals surface area contributed by atoms with E-state index < -0.39 is 0 Å². The molecule has 0 aliphatic rings. The van der Waals surface area contributed by atoms with Crippen LogP contribution in [0.4, 0.5) is 0 Å². The van der Waals surface area contributed by atoms with Crippen LogP contribution in [0.2, 0.25) is 5.02 Å². The molecule has 24 heavy (non-hydrogen) atoms. The van der Waals surface area contributed by atoms with Gasteiger partial charge < -0.3 is 4.98 Å². The maximum Gasteiger partial charge on any atom is 0.256 e. The second kappa shape index (κ2) is 5.99. The predicted octanol–water partition coefficient (Wildman–Crippen LogP) is 5.52. The average Bonchev–Trinajstić information content (AvgIpc) is 2.63. The molecule has 1 aromatic heterocycles. The second-order valence-corrected chi connectivity index (χ2v) is 6.06. The summed E-state index contributed by atoms with van der Waals surface area (Å²) < 4.78 is 0. The summed E-state index contributed by atoms with van der Waals surface area (Å²) in [6, 6.07) is 25.4. The van der Waals surface area contributed by atoms with E-state index in [0.717, 1.165) is 27.8 Å². The van der Waals surface area contributed by atoms with Crippen molar-refractivity contribution in [3.8, 4) is 22.4 Å². The van der Waals surface area contributed by atoms with Crippen LogP contribution < -0.4 is 5.56 Å². The number of nitrogens with one attached hydrogen (secondary N) is 1. The van der Waals surface area contributed by atoms with Crippen LogP contribution in [0.3, 0.4) is 0 Å². The van der Waals surface area contributed by atoms with Crippen LogP contribution >= 0.6 is 11.6 Å². The zero-order valence-corrected chi connectivity index (χ0v) is 13.5. The third-order valence-electron chi connectivity index (χ3n) is 4.11. The average molecular weight is 332 g/mol. The van der Waals surface area contributed by atoms with E-state index in [1.807, 2.05) is 72.8 Å². The number of hydrogen-bond donors (Lipinski definition) is 1. The van der Waals surface area contributed by atoms with Gasteiger partial charge in [-0.2, -0.15) is 0 Å². The molecule has 116 valence electrons. The number of H-pyrrole nitrogens is 1. The van der Waals surface area contributed by atoms with Crippen molar-refractivity contribution in [2.75, 3.05) is 0 Å². The zero-order valence-electron chi connectivity index (χ0n) is 12.8. The molecule has 0 amide bonds. The molecule has 0 atom stereocenters. The van der Waals surface area contributed by atoms with Gasteiger partial charge in [0.25, 0.3) is 5.56 Å². The molecule has 0 spiro atoms. The Bertz CT molecular complexity index is 1070. The van der Waals surface area contributed by atoms with Crippen molar-refractivity contribution < 1.29 is 0 Å². The molecule has 4 rings (SSSR count). The zero-order chi connectivity index (χ0) is 16.5. The maximum atomic E-state index is 12.6. The van der Waals surface area contributed by atoms with Gasteiger partial charge in [-0.25, -0.2) is 0 Å². The molecular formula is C21H14ClNO. The van der Waals surface area contributed by atoms with E-state index in [9.17, 15) is 4.79 Å². The molecule has 1 heterocycles. The van der Waals surface area contributed by atoms with Crippen molar-refractivity contribution >= 4 is 22.4 Å². The lowest BCUT2D eigenvalue weighted by atomic mass is 9.94. The molecule has 0 aliphatic heterocycles. The highest BCUT2D eigenvalue weighted by Gasteiger charge is 2.14. The summed E-state index contributed by atoms with van der Waals surface area (Å²) in [5.41, 5.74) is 3.73. The van der Waals surface area contributed by atoms with Gasteiger partial charge in [-0.3, -0.25) is 4.79 Å². The van der Waals surface area contributed by atoms with Gasteiger partial charge >= 0.3 is 0 Å². The monoisotopic (exact) mass is 331 g/mol. The largest absolute Gasteiger partial charge is 0.321 e. The Morgan fingerprint density at radius 2 is 1.33 bits per heavy atom. The standard InChI is InChI=1S/C21H14ClNO/c22-16-11-12-17-18(13-16)21(24)23-20(15-9-5-2-6-10-15)19(17)14-7-3-1-4-8-14/h1-13H,(H,23,24). The van der Waals surface area contributed by atoms with Gasteiger partial charge in [0.2, 0.25) is 0 Å². The number of aromatic nitrogens is 1. The SMILES string of the molecule is O=c1[nH]c(-c2ccccc2)c(-c2ccccc2)c2ccc(Cl)cc12. The normalized spacial score (nSPS) is 10.9. The van der Waals surface area contributed by atoms with Gasteiger partial charge in [-0.05, 0) is 28.6 Å². The third-order valence-corrected chi connectivity index (χ3v) is 4.34. The number of pyridine rings is 1. The topological polar surface area (TPSA) is 32.9 Å². The van der Waals surface area contributed by atoms with E-state index in [2.05, 4.69) is 4.98 Å². The lowest BCUT2D eigenvalue weighted by molar-refractivity contribution is 1.28. The highest BCUT2D eigenvalue weighted by atomic mass is 35.5. The van der Waals surface area contributed by atoms with E-state index >= 15 is 0 Å². The molecule has 0 unspecified atom stereocenters. The first kappa shape index (κ1) is 14.7. The molecule has 3 heteroatoms. The second-order valence-electron chi connectivity index (χ2n) is 5.63. The number of hydrogen-bond acceptors (Lipinski definition) is 1. The molecule has 4 aromatic rings. The van der Waals surface area contributed by atoms with Crippen LogP contribution in [0.5, 0.6) is 0 Å². The lowest BCUT2D eigenvalue weighted by Gasteiger charge is -2.14. The van der Waals surface area contributed by atoms with Crippen molar-refractivity contribution in [1.29, 1.82) is 0 Å². The first-order chi connectivity index (χ1) is 11.7. The number of halogens is 1. The molecule has 0 radical (unpaired) electrons. The number of rotatable bonds is 2. The van der Waals surface area contributed by atoms with E-state index in [-0.39, 0.29) is 5.56 Å². The fourth-order valence-electron chi connectivity index (χ4n) is 3.03. The summed E-state index contributed by atoms with van der Waals surface area (Å²) >= 11 is 6.09. The van der Waals surface area contributed by atoms with Gasteiger partial charge in [-0.15, -0.1) is 0 Å². The van der Waals surface area contributed by atoms with Gasteiger partial charge in [-0.1, -0.05) is 78.3 Å². The highest BCUT2D eigenvalue weighted by molar-refractivity contribution is 6.31. The van der Waals surface area contributed by atoms with Crippen LogP contribution in [0.15, 0.2) is 83.7 Å². The Morgan fingerprint density at radius 1 is 0.708 bits per heavy atom. The minimum absolute atomic E-state index is 0.133. The molecule has 0 aliphatic carbocycles. The quantitative estimate of drug-likeness (QED) is 0.515. The summed E-state index contributed by atoms with van der Waals surface area (Å²) in [6.45, 7) is 0. The fourth-order valence-corrected chi connectivity index (χ4v) is 3.20. The van der Waals surface area contributed by atoms with Crippen LogP contribution in [-0.4, -0.2) is 4.98 Å². The van der Waals surface area contributed by atoms with Crippen molar-refractivity contribution in [2.45, 2.75) is 0 Å². The minimum atomic E-state index is -0.133. The molecule has 3 aromatic carbocycles.